The van der Waals surface area contributed by atoms with Crippen LogP contribution in [0.3, 0.4) is 0 Å². The smallest absolute Gasteiger partial charge is 0.104 e. The van der Waals surface area contributed by atoms with E-state index < -0.39 is 0 Å². The van der Waals surface area contributed by atoms with E-state index in [0.29, 0.717) is 6.04 Å². The third-order valence-electron chi connectivity index (χ3n) is 3.84. The highest BCUT2D eigenvalue weighted by atomic mass is 15.2. The van der Waals surface area contributed by atoms with E-state index in [-0.39, 0.29) is 5.54 Å². The molecule has 1 aliphatic rings. The normalized spacial score (nSPS) is 18.6. The minimum Gasteiger partial charge on any atom is -0.300 e. The van der Waals surface area contributed by atoms with Crippen molar-refractivity contribution in [2.45, 2.75) is 83.8 Å². The predicted octanol–water partition coefficient (Wildman–Crippen LogP) is 3.31. The quantitative estimate of drug-likeness (QED) is 0.658. The van der Waals surface area contributed by atoms with Crippen LogP contribution in [0, 0.1) is 11.3 Å². The Bertz CT molecular complexity index is 291. The number of nitrogens with zero attached hydrogens (tertiary/aromatic N) is 2. The fraction of sp³-hybridized carbons (Fsp3) is 0.938. The third kappa shape index (κ3) is 6.40. The fourth-order valence-corrected chi connectivity index (χ4v) is 2.71. The van der Waals surface area contributed by atoms with Crippen LogP contribution in [0.4, 0.5) is 0 Å². The van der Waals surface area contributed by atoms with Gasteiger partial charge in [0, 0.05) is 12.1 Å². The lowest BCUT2D eigenvalue weighted by Gasteiger charge is -2.28. The van der Waals surface area contributed by atoms with Gasteiger partial charge in [-0.25, -0.2) is 0 Å². The molecule has 1 rings (SSSR count). The monoisotopic (exact) mass is 265 g/mol. The maximum atomic E-state index is 9.34. The van der Waals surface area contributed by atoms with Crippen molar-refractivity contribution in [1.29, 1.82) is 5.26 Å². The molecule has 3 heteroatoms. The van der Waals surface area contributed by atoms with E-state index in [9.17, 15) is 5.26 Å². The van der Waals surface area contributed by atoms with E-state index in [1.165, 1.54) is 32.2 Å². The Morgan fingerprint density at radius 1 is 1.32 bits per heavy atom. The lowest BCUT2D eigenvalue weighted by atomic mass is 9.96. The Morgan fingerprint density at radius 2 is 1.95 bits per heavy atom. The van der Waals surface area contributed by atoms with Crippen molar-refractivity contribution in [3.8, 4) is 6.07 Å². The van der Waals surface area contributed by atoms with Gasteiger partial charge < -0.3 is 4.90 Å². The second-order valence-electron chi connectivity index (χ2n) is 6.47. The van der Waals surface area contributed by atoms with Crippen LogP contribution < -0.4 is 5.32 Å². The number of unbranched alkanes of at least 4 members (excludes halogenated alkanes) is 1. The van der Waals surface area contributed by atoms with Gasteiger partial charge in [-0.2, -0.15) is 5.26 Å². The lowest BCUT2D eigenvalue weighted by molar-refractivity contribution is 0.242. The standard InChI is InChI=1S/C16H31N3/c1-5-6-11-19(15-8-9-15)12-7-10-16(4,13-17)18-14(2)3/h14-15,18H,5-12H2,1-4H3. The Kier molecular flexibility index (Phi) is 6.82. The second-order valence-corrected chi connectivity index (χ2v) is 6.47. The number of rotatable bonds is 10. The summed E-state index contributed by atoms with van der Waals surface area (Å²) in [4.78, 5) is 2.64. The largest absolute Gasteiger partial charge is 0.300 e. The van der Waals surface area contributed by atoms with Crippen LogP contribution in [0.15, 0.2) is 0 Å². The summed E-state index contributed by atoms with van der Waals surface area (Å²) in [5, 5.41) is 12.7. The summed E-state index contributed by atoms with van der Waals surface area (Å²) in [5.41, 5.74) is -0.367. The average molecular weight is 265 g/mol. The molecule has 0 spiro atoms. The van der Waals surface area contributed by atoms with Crippen molar-refractivity contribution in [3.63, 3.8) is 0 Å². The molecule has 1 fully saturated rings. The summed E-state index contributed by atoms with van der Waals surface area (Å²) < 4.78 is 0. The fourth-order valence-electron chi connectivity index (χ4n) is 2.71. The Morgan fingerprint density at radius 3 is 2.42 bits per heavy atom. The van der Waals surface area contributed by atoms with Crippen LogP contribution in [0.2, 0.25) is 0 Å². The first-order valence-electron chi connectivity index (χ1n) is 7.93. The van der Waals surface area contributed by atoms with Crippen LogP contribution in [0.25, 0.3) is 0 Å². The van der Waals surface area contributed by atoms with Crippen molar-refractivity contribution >= 4 is 0 Å². The summed E-state index contributed by atoms with van der Waals surface area (Å²) >= 11 is 0. The van der Waals surface area contributed by atoms with Crippen molar-refractivity contribution in [3.05, 3.63) is 0 Å². The molecule has 19 heavy (non-hydrogen) atoms. The SMILES string of the molecule is CCCCN(CCCC(C)(C#N)NC(C)C)C1CC1. The summed E-state index contributed by atoms with van der Waals surface area (Å²) in [6.07, 6.45) is 7.39. The van der Waals surface area contributed by atoms with Crippen LogP contribution in [-0.4, -0.2) is 35.6 Å². The zero-order chi connectivity index (χ0) is 14.3. The van der Waals surface area contributed by atoms with Crippen LogP contribution >= 0.6 is 0 Å². The van der Waals surface area contributed by atoms with Gasteiger partial charge in [0.1, 0.15) is 5.54 Å². The molecule has 0 aliphatic heterocycles. The van der Waals surface area contributed by atoms with Gasteiger partial charge in [0.25, 0.3) is 0 Å². The van der Waals surface area contributed by atoms with Gasteiger partial charge in [-0.3, -0.25) is 5.32 Å². The summed E-state index contributed by atoms with van der Waals surface area (Å²) in [5.74, 6) is 0. The first kappa shape index (κ1) is 16.5. The molecule has 110 valence electrons. The maximum Gasteiger partial charge on any atom is 0.104 e. The van der Waals surface area contributed by atoms with Gasteiger partial charge in [-0.15, -0.1) is 0 Å². The van der Waals surface area contributed by atoms with Gasteiger partial charge in [0.15, 0.2) is 0 Å². The molecule has 1 N–H and O–H groups in total. The minimum atomic E-state index is -0.367. The van der Waals surface area contributed by atoms with Gasteiger partial charge in [-0.1, -0.05) is 13.3 Å². The molecule has 0 aromatic heterocycles. The van der Waals surface area contributed by atoms with Crippen molar-refractivity contribution in [2.24, 2.45) is 0 Å². The summed E-state index contributed by atoms with van der Waals surface area (Å²) in [6.45, 7) is 10.9. The Hall–Kier alpha value is -0.590. The van der Waals surface area contributed by atoms with Gasteiger partial charge >= 0.3 is 0 Å². The highest BCUT2D eigenvalue weighted by Crippen LogP contribution is 2.27. The van der Waals surface area contributed by atoms with Gasteiger partial charge in [-0.05, 0) is 66.0 Å². The van der Waals surface area contributed by atoms with E-state index in [4.69, 9.17) is 0 Å². The molecule has 0 saturated heterocycles. The van der Waals surface area contributed by atoms with E-state index in [1.54, 1.807) is 0 Å². The Balaban J connectivity index is 2.31. The summed E-state index contributed by atoms with van der Waals surface area (Å²) in [6, 6.07) is 3.65. The second kappa shape index (κ2) is 7.87. The zero-order valence-electron chi connectivity index (χ0n) is 13.2. The first-order chi connectivity index (χ1) is 9.00. The molecule has 1 aliphatic carbocycles. The van der Waals surface area contributed by atoms with E-state index in [1.807, 2.05) is 6.92 Å². The zero-order valence-corrected chi connectivity index (χ0v) is 13.2. The molecule has 0 radical (unpaired) electrons. The number of nitriles is 1. The number of hydrogen-bond acceptors (Lipinski definition) is 3. The molecule has 1 atom stereocenters. The van der Waals surface area contributed by atoms with E-state index in [0.717, 1.165) is 25.4 Å². The molecule has 0 heterocycles. The number of hydrogen-bond donors (Lipinski definition) is 1. The third-order valence-corrected chi connectivity index (χ3v) is 3.84. The van der Waals surface area contributed by atoms with Crippen molar-refractivity contribution in [1.82, 2.24) is 10.2 Å². The molecule has 0 aromatic carbocycles. The molecular formula is C16H31N3. The van der Waals surface area contributed by atoms with Crippen LogP contribution in [0.5, 0.6) is 0 Å². The average Bonchev–Trinajstić information content (AvgIpc) is 3.17. The minimum absolute atomic E-state index is 0.365. The van der Waals surface area contributed by atoms with Crippen molar-refractivity contribution < 1.29 is 0 Å². The van der Waals surface area contributed by atoms with Gasteiger partial charge in [0.2, 0.25) is 0 Å². The van der Waals surface area contributed by atoms with Crippen LogP contribution in [-0.2, 0) is 0 Å². The summed E-state index contributed by atoms with van der Waals surface area (Å²) in [7, 11) is 0. The molecule has 1 unspecified atom stereocenters. The molecule has 1 saturated carbocycles. The van der Waals surface area contributed by atoms with Crippen LogP contribution in [0.1, 0.15) is 66.2 Å². The predicted molar refractivity (Wildman–Crippen MR) is 81.0 cm³/mol. The van der Waals surface area contributed by atoms with Crippen molar-refractivity contribution in [2.75, 3.05) is 13.1 Å². The lowest BCUT2D eigenvalue weighted by Crippen LogP contribution is -2.45. The van der Waals surface area contributed by atoms with E-state index >= 15 is 0 Å². The molecule has 0 amide bonds. The molecule has 3 nitrogen and oxygen atoms in total. The number of nitrogens with one attached hydrogen (secondary N) is 1. The molecule has 0 aromatic rings. The molecule has 0 bridgehead atoms. The highest BCUT2D eigenvalue weighted by Gasteiger charge is 2.29. The van der Waals surface area contributed by atoms with Gasteiger partial charge in [0.05, 0.1) is 6.07 Å². The van der Waals surface area contributed by atoms with E-state index in [2.05, 4.69) is 37.1 Å². The molecular weight excluding hydrogens is 234 g/mol. The highest BCUT2D eigenvalue weighted by molar-refractivity contribution is 5.04. The maximum absolute atomic E-state index is 9.34. The first-order valence-corrected chi connectivity index (χ1v) is 7.93. The topological polar surface area (TPSA) is 39.1 Å². The Labute approximate surface area is 119 Å².